The molecule has 0 spiro atoms. The zero-order valence-electron chi connectivity index (χ0n) is 12.7. The second-order valence-corrected chi connectivity index (χ2v) is 5.68. The Hall–Kier alpha value is -2.42. The first-order valence-electron chi connectivity index (χ1n) is 7.43. The summed E-state index contributed by atoms with van der Waals surface area (Å²) in [6, 6.07) is 3.38. The highest BCUT2D eigenvalue weighted by molar-refractivity contribution is 5.79. The Morgan fingerprint density at radius 3 is 2.92 bits per heavy atom. The number of pyridine rings is 1. The number of alkyl halides is 3. The van der Waals surface area contributed by atoms with Crippen LogP contribution in [0, 0.1) is 0 Å². The van der Waals surface area contributed by atoms with E-state index in [9.17, 15) is 18.0 Å². The van der Waals surface area contributed by atoms with E-state index in [1.165, 1.54) is 0 Å². The third-order valence-corrected chi connectivity index (χ3v) is 3.83. The highest BCUT2D eigenvalue weighted by Gasteiger charge is 2.38. The molecule has 1 amide bonds. The summed E-state index contributed by atoms with van der Waals surface area (Å²) in [5.74, 6) is -0.482. The van der Waals surface area contributed by atoms with Crippen LogP contribution in [0.3, 0.4) is 0 Å². The predicted octanol–water partition coefficient (Wildman–Crippen LogP) is 1.72. The molecule has 2 N–H and O–H groups in total. The van der Waals surface area contributed by atoms with Gasteiger partial charge in [-0.05, 0) is 12.1 Å². The number of H-pyrrole nitrogens is 1. The van der Waals surface area contributed by atoms with Crippen LogP contribution in [0.1, 0.15) is 12.0 Å². The number of rotatable bonds is 5. The molecule has 1 fully saturated rings. The number of hydrogen-bond donors (Lipinski definition) is 2. The average molecular weight is 339 g/mol. The fourth-order valence-electron chi connectivity index (χ4n) is 2.74. The van der Waals surface area contributed by atoms with Crippen molar-refractivity contribution in [2.45, 2.75) is 25.2 Å². The van der Waals surface area contributed by atoms with Gasteiger partial charge in [-0.1, -0.05) is 0 Å². The van der Waals surface area contributed by atoms with Crippen molar-refractivity contribution < 1.29 is 18.0 Å². The van der Waals surface area contributed by atoms with Crippen LogP contribution < -0.4 is 5.32 Å². The van der Waals surface area contributed by atoms with Gasteiger partial charge in [-0.15, -0.1) is 0 Å². The van der Waals surface area contributed by atoms with E-state index in [1.807, 2.05) is 6.07 Å². The first-order valence-corrected chi connectivity index (χ1v) is 7.43. The van der Waals surface area contributed by atoms with Crippen LogP contribution in [-0.4, -0.2) is 51.3 Å². The lowest BCUT2D eigenvalue weighted by atomic mass is 10.1. The molecule has 128 valence electrons. The molecule has 2 aromatic heterocycles. The van der Waals surface area contributed by atoms with Crippen molar-refractivity contribution in [3.63, 3.8) is 0 Å². The van der Waals surface area contributed by atoms with Gasteiger partial charge < -0.3 is 10.2 Å². The topological polar surface area (TPSA) is 73.9 Å². The molecule has 1 aliphatic rings. The maximum absolute atomic E-state index is 12.4. The number of halogens is 3. The summed E-state index contributed by atoms with van der Waals surface area (Å²) in [4.78, 5) is 16.6. The summed E-state index contributed by atoms with van der Waals surface area (Å²) in [5, 5.41) is 10.0. The van der Waals surface area contributed by atoms with E-state index in [2.05, 4.69) is 20.5 Å². The van der Waals surface area contributed by atoms with Crippen molar-refractivity contribution in [2.24, 2.45) is 0 Å². The lowest BCUT2D eigenvalue weighted by molar-refractivity contribution is -0.157. The number of carbonyl (C=O) groups is 1. The summed E-state index contributed by atoms with van der Waals surface area (Å²) < 4.78 is 37.3. The van der Waals surface area contributed by atoms with Crippen molar-refractivity contribution in [1.29, 1.82) is 0 Å². The number of nitrogens with one attached hydrogen (secondary N) is 2. The Kier molecular flexibility index (Phi) is 4.52. The molecule has 0 saturated carbocycles. The molecule has 2 aromatic rings. The Balaban J connectivity index is 1.60. The molecule has 24 heavy (non-hydrogen) atoms. The summed E-state index contributed by atoms with van der Waals surface area (Å²) in [5.41, 5.74) is 2.53. The second-order valence-electron chi connectivity index (χ2n) is 5.68. The minimum absolute atomic E-state index is 0.0540. The average Bonchev–Trinajstić information content (AvgIpc) is 3.12. The van der Waals surface area contributed by atoms with E-state index in [0.717, 1.165) is 21.7 Å². The number of aromatic amines is 1. The van der Waals surface area contributed by atoms with Gasteiger partial charge in [-0.25, -0.2) is 0 Å². The molecular weight excluding hydrogens is 323 g/mol. The quantitative estimate of drug-likeness (QED) is 0.870. The first kappa shape index (κ1) is 16.4. The Labute approximate surface area is 136 Å². The molecule has 1 saturated heterocycles. The van der Waals surface area contributed by atoms with Crippen molar-refractivity contribution in [1.82, 2.24) is 25.4 Å². The molecule has 0 aromatic carbocycles. The maximum atomic E-state index is 12.4. The predicted molar refractivity (Wildman–Crippen MR) is 79.7 cm³/mol. The Morgan fingerprint density at radius 2 is 2.21 bits per heavy atom. The van der Waals surface area contributed by atoms with Gasteiger partial charge in [0.15, 0.2) is 0 Å². The van der Waals surface area contributed by atoms with E-state index in [1.54, 1.807) is 24.7 Å². The van der Waals surface area contributed by atoms with Crippen LogP contribution in [0.25, 0.3) is 11.3 Å². The summed E-state index contributed by atoms with van der Waals surface area (Å²) in [7, 11) is 0. The minimum atomic E-state index is -4.37. The zero-order chi connectivity index (χ0) is 17.2. The third kappa shape index (κ3) is 3.91. The van der Waals surface area contributed by atoms with Gasteiger partial charge in [0.05, 0.1) is 11.9 Å². The monoisotopic (exact) mass is 339 g/mol. The van der Waals surface area contributed by atoms with Crippen LogP contribution in [0.4, 0.5) is 13.2 Å². The highest BCUT2D eigenvalue weighted by atomic mass is 19.4. The summed E-state index contributed by atoms with van der Waals surface area (Å²) in [6.07, 6.45) is 0.705. The maximum Gasteiger partial charge on any atom is 0.406 e. The van der Waals surface area contributed by atoms with Gasteiger partial charge in [0.1, 0.15) is 6.54 Å². The van der Waals surface area contributed by atoms with Crippen LogP contribution in [0.15, 0.2) is 30.7 Å². The molecule has 0 bridgehead atoms. The molecular formula is C15H16F3N5O. The Bertz CT molecular complexity index is 701. The Morgan fingerprint density at radius 1 is 1.38 bits per heavy atom. The third-order valence-electron chi connectivity index (χ3n) is 3.83. The van der Waals surface area contributed by atoms with Gasteiger partial charge in [-0.2, -0.15) is 18.3 Å². The number of likely N-dealkylation sites (tertiary alicyclic amines) is 1. The normalized spacial score (nSPS) is 18.4. The molecule has 3 heterocycles. The fraction of sp³-hybridized carbons (Fsp3) is 0.400. The first-order chi connectivity index (χ1) is 11.4. The van der Waals surface area contributed by atoms with Crippen molar-refractivity contribution in [3.8, 4) is 11.3 Å². The van der Waals surface area contributed by atoms with Crippen molar-refractivity contribution >= 4 is 5.91 Å². The number of nitrogens with zero attached hydrogens (tertiary/aromatic N) is 3. The standard InChI is InChI=1S/C15H16F3N5O/c16-15(17,18)9-23-8-12(4-13(23)24)20-6-11-7-21-22-14(11)10-2-1-3-19-5-10/h1-3,5,7,12,20H,4,6,8-9H2,(H,21,22)/t12-/m0/s1. The minimum Gasteiger partial charge on any atom is -0.332 e. The number of amides is 1. The van der Waals surface area contributed by atoms with E-state index in [-0.39, 0.29) is 19.0 Å². The fourth-order valence-corrected chi connectivity index (χ4v) is 2.74. The molecule has 6 nitrogen and oxygen atoms in total. The summed E-state index contributed by atoms with van der Waals surface area (Å²) >= 11 is 0. The molecule has 1 atom stereocenters. The van der Waals surface area contributed by atoms with E-state index in [0.29, 0.717) is 6.54 Å². The largest absolute Gasteiger partial charge is 0.406 e. The van der Waals surface area contributed by atoms with Crippen LogP contribution in [0.5, 0.6) is 0 Å². The lowest BCUT2D eigenvalue weighted by Crippen LogP contribution is -2.37. The second kappa shape index (κ2) is 6.60. The van der Waals surface area contributed by atoms with Crippen LogP contribution in [0.2, 0.25) is 0 Å². The molecule has 0 unspecified atom stereocenters. The molecule has 3 rings (SSSR count). The van der Waals surface area contributed by atoms with E-state index >= 15 is 0 Å². The molecule has 9 heteroatoms. The SMILES string of the molecule is O=C1C[C@H](NCc2cn[nH]c2-c2cccnc2)CN1CC(F)(F)F. The molecule has 1 aliphatic heterocycles. The zero-order valence-corrected chi connectivity index (χ0v) is 12.7. The van der Waals surface area contributed by atoms with Crippen LogP contribution >= 0.6 is 0 Å². The van der Waals surface area contributed by atoms with Gasteiger partial charge in [0, 0.05) is 49.1 Å². The van der Waals surface area contributed by atoms with Gasteiger partial charge >= 0.3 is 6.18 Å². The smallest absolute Gasteiger partial charge is 0.332 e. The van der Waals surface area contributed by atoms with Crippen LogP contribution in [-0.2, 0) is 11.3 Å². The van der Waals surface area contributed by atoms with E-state index < -0.39 is 18.6 Å². The van der Waals surface area contributed by atoms with Crippen molar-refractivity contribution in [2.75, 3.05) is 13.1 Å². The molecule has 0 radical (unpaired) electrons. The highest BCUT2D eigenvalue weighted by Crippen LogP contribution is 2.22. The summed E-state index contributed by atoms with van der Waals surface area (Å²) in [6.45, 7) is -0.742. The number of carbonyl (C=O) groups excluding carboxylic acids is 1. The van der Waals surface area contributed by atoms with Gasteiger partial charge in [-0.3, -0.25) is 14.9 Å². The number of aromatic nitrogens is 3. The van der Waals surface area contributed by atoms with Gasteiger partial charge in [0.2, 0.25) is 5.91 Å². The van der Waals surface area contributed by atoms with Crippen molar-refractivity contribution in [3.05, 3.63) is 36.3 Å². The van der Waals surface area contributed by atoms with E-state index in [4.69, 9.17) is 0 Å². The number of hydrogen-bond acceptors (Lipinski definition) is 4. The lowest BCUT2D eigenvalue weighted by Gasteiger charge is -2.18. The van der Waals surface area contributed by atoms with Gasteiger partial charge in [0.25, 0.3) is 0 Å². The molecule has 0 aliphatic carbocycles.